The predicted molar refractivity (Wildman–Crippen MR) is 105 cm³/mol. The number of rotatable bonds is 10. The molecule has 156 valence electrons. The van der Waals surface area contributed by atoms with E-state index in [0.717, 1.165) is 44.6 Å². The minimum atomic E-state index is -1.000. The molecule has 0 saturated carbocycles. The van der Waals surface area contributed by atoms with Gasteiger partial charge in [-0.2, -0.15) is 0 Å². The number of halogens is 2. The van der Waals surface area contributed by atoms with Gasteiger partial charge >= 0.3 is 6.03 Å². The number of hydrogen-bond acceptors (Lipinski definition) is 3. The maximum absolute atomic E-state index is 13.4. The number of nitrogens with one attached hydrogen (secondary N) is 1. The average molecular weight is 396 g/mol. The molecule has 1 saturated heterocycles. The predicted octanol–water partition coefficient (Wildman–Crippen LogP) is 2.83. The van der Waals surface area contributed by atoms with E-state index in [4.69, 9.17) is 0 Å². The van der Waals surface area contributed by atoms with Crippen LogP contribution in [0.5, 0.6) is 0 Å². The Balaban J connectivity index is 1.79. The summed E-state index contributed by atoms with van der Waals surface area (Å²) in [5.41, 5.74) is 0.288. The van der Waals surface area contributed by atoms with E-state index in [1.165, 1.54) is 15.9 Å². The molecular formula is C20H30F2N4O2. The van der Waals surface area contributed by atoms with Crippen LogP contribution in [0.4, 0.5) is 19.3 Å². The second-order valence-corrected chi connectivity index (χ2v) is 7.09. The van der Waals surface area contributed by atoms with Crippen LogP contribution in [0.2, 0.25) is 0 Å². The smallest absolute Gasteiger partial charge is 0.325 e. The van der Waals surface area contributed by atoms with Crippen LogP contribution in [0, 0.1) is 11.6 Å². The number of carbonyl (C=O) groups is 2. The van der Waals surface area contributed by atoms with Crippen molar-refractivity contribution in [3.8, 4) is 0 Å². The minimum absolute atomic E-state index is 0.0306. The fraction of sp³-hybridized carbons (Fsp3) is 0.600. The van der Waals surface area contributed by atoms with Crippen LogP contribution in [0.1, 0.15) is 33.6 Å². The van der Waals surface area contributed by atoms with Gasteiger partial charge in [-0.1, -0.05) is 13.8 Å². The molecule has 0 aromatic heterocycles. The quantitative estimate of drug-likeness (QED) is 0.662. The van der Waals surface area contributed by atoms with Gasteiger partial charge in [-0.25, -0.2) is 13.6 Å². The first-order valence-electron chi connectivity index (χ1n) is 9.88. The van der Waals surface area contributed by atoms with Gasteiger partial charge in [0.05, 0.1) is 0 Å². The summed E-state index contributed by atoms with van der Waals surface area (Å²) in [5.74, 6) is -2.17. The second-order valence-electron chi connectivity index (χ2n) is 7.09. The van der Waals surface area contributed by atoms with Crippen molar-refractivity contribution in [2.45, 2.75) is 39.7 Å². The third kappa shape index (κ3) is 5.89. The molecule has 8 heteroatoms. The molecule has 0 spiro atoms. The molecule has 0 bridgehead atoms. The highest BCUT2D eigenvalue weighted by Crippen LogP contribution is 2.22. The number of carbonyl (C=O) groups excluding carboxylic acids is 2. The number of benzene rings is 1. The summed E-state index contributed by atoms with van der Waals surface area (Å²) in [5, 5.41) is 2.93. The van der Waals surface area contributed by atoms with E-state index in [1.54, 1.807) is 0 Å². The monoisotopic (exact) mass is 396 g/mol. The van der Waals surface area contributed by atoms with Crippen LogP contribution in [0.3, 0.4) is 0 Å². The normalized spacial score (nSPS) is 15.4. The van der Waals surface area contributed by atoms with Crippen LogP contribution >= 0.6 is 0 Å². The first-order valence-corrected chi connectivity index (χ1v) is 9.88. The summed E-state index contributed by atoms with van der Waals surface area (Å²) in [7, 11) is 0. The number of hydrogen-bond donors (Lipinski definition) is 1. The molecule has 1 aliphatic rings. The topological polar surface area (TPSA) is 55.9 Å². The minimum Gasteiger partial charge on any atom is -0.352 e. The van der Waals surface area contributed by atoms with Gasteiger partial charge in [0.25, 0.3) is 0 Å². The molecule has 2 rings (SSSR count). The second kappa shape index (κ2) is 10.4. The number of urea groups is 1. The van der Waals surface area contributed by atoms with Crippen molar-refractivity contribution in [2.75, 3.05) is 44.2 Å². The molecule has 1 aliphatic heterocycles. The van der Waals surface area contributed by atoms with Gasteiger partial charge < -0.3 is 15.1 Å². The Hall–Kier alpha value is -2.22. The molecule has 1 N–H and O–H groups in total. The highest BCUT2D eigenvalue weighted by Gasteiger charge is 2.31. The van der Waals surface area contributed by atoms with E-state index >= 15 is 0 Å². The molecule has 1 aromatic rings. The van der Waals surface area contributed by atoms with E-state index in [0.29, 0.717) is 13.1 Å². The lowest BCUT2D eigenvalue weighted by Crippen LogP contribution is -2.43. The third-order valence-electron chi connectivity index (χ3n) is 5.06. The van der Waals surface area contributed by atoms with Gasteiger partial charge in [0.2, 0.25) is 5.91 Å². The molecule has 3 amide bonds. The van der Waals surface area contributed by atoms with Gasteiger partial charge in [0.15, 0.2) is 11.6 Å². The lowest BCUT2D eigenvalue weighted by Gasteiger charge is -2.21. The largest absolute Gasteiger partial charge is 0.352 e. The summed E-state index contributed by atoms with van der Waals surface area (Å²) < 4.78 is 26.5. The fourth-order valence-corrected chi connectivity index (χ4v) is 3.35. The van der Waals surface area contributed by atoms with Gasteiger partial charge in [0, 0.05) is 30.9 Å². The first-order chi connectivity index (χ1) is 13.3. The molecule has 28 heavy (non-hydrogen) atoms. The average Bonchev–Trinajstić information content (AvgIpc) is 3.01. The van der Waals surface area contributed by atoms with E-state index < -0.39 is 11.6 Å². The molecule has 1 unspecified atom stereocenters. The Bertz CT molecular complexity index is 682. The summed E-state index contributed by atoms with van der Waals surface area (Å²) in [6, 6.07) is 3.00. The molecular weight excluding hydrogens is 366 g/mol. The Morgan fingerprint density at radius 2 is 1.93 bits per heavy atom. The highest BCUT2D eigenvalue weighted by atomic mass is 19.2. The van der Waals surface area contributed by atoms with Crippen LogP contribution in [-0.2, 0) is 4.79 Å². The molecule has 1 heterocycles. The van der Waals surface area contributed by atoms with E-state index in [2.05, 4.69) is 24.1 Å². The maximum Gasteiger partial charge on any atom is 0.325 e. The number of amides is 3. The lowest BCUT2D eigenvalue weighted by atomic mass is 10.1. The molecule has 0 aliphatic carbocycles. The van der Waals surface area contributed by atoms with Crippen molar-refractivity contribution in [3.63, 3.8) is 0 Å². The third-order valence-corrected chi connectivity index (χ3v) is 5.06. The van der Waals surface area contributed by atoms with Gasteiger partial charge in [-0.3, -0.25) is 9.69 Å². The first kappa shape index (κ1) is 22.1. The van der Waals surface area contributed by atoms with Gasteiger partial charge in [-0.15, -0.1) is 0 Å². The molecule has 1 fully saturated rings. The maximum atomic E-state index is 13.4. The standard InChI is InChI=1S/C20H30F2N4O2/c1-4-24(5-2)10-6-7-15(3)23-19(27)14-25-11-12-26(20(25)28)16-8-9-17(21)18(22)13-16/h8-9,13,15H,4-7,10-12,14H2,1-3H3,(H,23,27). The number of anilines is 1. The Morgan fingerprint density at radius 3 is 2.57 bits per heavy atom. The van der Waals surface area contributed by atoms with Crippen molar-refractivity contribution < 1.29 is 18.4 Å². The van der Waals surface area contributed by atoms with Crippen molar-refractivity contribution in [3.05, 3.63) is 29.8 Å². The number of nitrogens with zero attached hydrogens (tertiary/aromatic N) is 3. The Labute approximate surface area is 165 Å². The zero-order valence-corrected chi connectivity index (χ0v) is 16.9. The lowest BCUT2D eigenvalue weighted by molar-refractivity contribution is -0.122. The fourth-order valence-electron chi connectivity index (χ4n) is 3.35. The van der Waals surface area contributed by atoms with Crippen molar-refractivity contribution in [1.29, 1.82) is 0 Å². The summed E-state index contributed by atoms with van der Waals surface area (Å²) in [6.07, 6.45) is 1.87. The van der Waals surface area contributed by atoms with E-state index in [9.17, 15) is 18.4 Å². The van der Waals surface area contributed by atoms with Crippen molar-refractivity contribution in [1.82, 2.24) is 15.1 Å². The van der Waals surface area contributed by atoms with Crippen LogP contribution in [0.25, 0.3) is 0 Å². The molecule has 1 atom stereocenters. The van der Waals surface area contributed by atoms with Gasteiger partial charge in [-0.05, 0) is 51.5 Å². The summed E-state index contributed by atoms with van der Waals surface area (Å²) >= 11 is 0. The van der Waals surface area contributed by atoms with Crippen molar-refractivity contribution in [2.24, 2.45) is 0 Å². The van der Waals surface area contributed by atoms with Crippen LogP contribution in [0.15, 0.2) is 18.2 Å². The van der Waals surface area contributed by atoms with Crippen LogP contribution < -0.4 is 10.2 Å². The van der Waals surface area contributed by atoms with Crippen molar-refractivity contribution >= 4 is 17.6 Å². The molecule has 1 aromatic carbocycles. The highest BCUT2D eigenvalue weighted by molar-refractivity contribution is 5.96. The molecule has 0 radical (unpaired) electrons. The van der Waals surface area contributed by atoms with E-state index in [-0.39, 0.29) is 30.2 Å². The van der Waals surface area contributed by atoms with E-state index in [1.807, 2.05) is 6.92 Å². The SMILES string of the molecule is CCN(CC)CCCC(C)NC(=O)CN1CCN(c2ccc(F)c(F)c2)C1=O. The summed E-state index contributed by atoms with van der Waals surface area (Å²) in [6.45, 7) is 9.90. The zero-order chi connectivity index (χ0) is 20.7. The molecule has 6 nitrogen and oxygen atoms in total. The summed E-state index contributed by atoms with van der Waals surface area (Å²) in [4.78, 5) is 29.9. The Morgan fingerprint density at radius 1 is 1.21 bits per heavy atom. The van der Waals surface area contributed by atoms with Gasteiger partial charge in [0.1, 0.15) is 6.54 Å². The Kier molecular flexibility index (Phi) is 8.17. The zero-order valence-electron chi connectivity index (χ0n) is 16.9. The van der Waals surface area contributed by atoms with Crippen LogP contribution in [-0.4, -0.2) is 67.0 Å².